The van der Waals surface area contributed by atoms with Crippen molar-refractivity contribution in [3.05, 3.63) is 59.7 Å². The van der Waals surface area contributed by atoms with Crippen molar-refractivity contribution in [2.45, 2.75) is 32.4 Å². The van der Waals surface area contributed by atoms with E-state index in [-0.39, 0.29) is 12.4 Å². The Balaban J connectivity index is 0.00000210. The van der Waals surface area contributed by atoms with Crippen molar-refractivity contribution in [2.24, 2.45) is 5.73 Å². The van der Waals surface area contributed by atoms with Crippen LogP contribution in [0.3, 0.4) is 0 Å². The highest BCUT2D eigenvalue weighted by Gasteiger charge is 2.13. The third-order valence-electron chi connectivity index (χ3n) is 4.93. The SMILES string of the molecule is Cl.NCc1ccc(-c2noc(-c3ccc(CN4CCCCC4)cc3)n2)cc1. The molecule has 0 unspecified atom stereocenters. The molecule has 6 heteroatoms. The van der Waals surface area contributed by atoms with E-state index in [2.05, 4.69) is 39.3 Å². The van der Waals surface area contributed by atoms with E-state index in [1.165, 1.54) is 37.9 Å². The monoisotopic (exact) mass is 384 g/mol. The first-order chi connectivity index (χ1) is 12.8. The minimum absolute atomic E-state index is 0. The number of hydrogen-bond acceptors (Lipinski definition) is 5. The van der Waals surface area contributed by atoms with Crippen LogP contribution in [0.25, 0.3) is 22.8 Å². The third-order valence-corrected chi connectivity index (χ3v) is 4.93. The molecular weight excluding hydrogens is 360 g/mol. The highest BCUT2D eigenvalue weighted by atomic mass is 35.5. The molecule has 1 aromatic heterocycles. The molecule has 2 aromatic carbocycles. The second kappa shape index (κ2) is 9.13. The summed E-state index contributed by atoms with van der Waals surface area (Å²) in [5.74, 6) is 1.15. The molecule has 27 heavy (non-hydrogen) atoms. The van der Waals surface area contributed by atoms with Gasteiger partial charge in [0.1, 0.15) is 0 Å². The Kier molecular flexibility index (Phi) is 6.61. The zero-order chi connectivity index (χ0) is 17.8. The van der Waals surface area contributed by atoms with Gasteiger partial charge in [0.2, 0.25) is 5.82 Å². The molecule has 3 aromatic rings. The van der Waals surface area contributed by atoms with Crippen molar-refractivity contribution in [3.63, 3.8) is 0 Å². The second-order valence-electron chi connectivity index (χ2n) is 6.86. The first-order valence-corrected chi connectivity index (χ1v) is 9.26. The van der Waals surface area contributed by atoms with Crippen molar-refractivity contribution in [1.29, 1.82) is 0 Å². The Morgan fingerprint density at radius 1 is 0.852 bits per heavy atom. The van der Waals surface area contributed by atoms with E-state index >= 15 is 0 Å². The van der Waals surface area contributed by atoms with Crippen LogP contribution in [-0.4, -0.2) is 28.1 Å². The number of hydrogen-bond donors (Lipinski definition) is 1. The highest BCUT2D eigenvalue weighted by molar-refractivity contribution is 5.85. The summed E-state index contributed by atoms with van der Waals surface area (Å²) < 4.78 is 5.46. The first-order valence-electron chi connectivity index (χ1n) is 9.26. The van der Waals surface area contributed by atoms with Gasteiger partial charge in [-0.05, 0) is 49.2 Å². The first kappa shape index (κ1) is 19.5. The number of nitrogens with two attached hydrogens (primary N) is 1. The minimum atomic E-state index is 0. The molecule has 0 bridgehead atoms. The molecular formula is C21H25ClN4O. The highest BCUT2D eigenvalue weighted by Crippen LogP contribution is 2.23. The topological polar surface area (TPSA) is 68.2 Å². The maximum atomic E-state index is 5.64. The number of aromatic nitrogens is 2. The molecule has 0 amide bonds. The fraction of sp³-hybridized carbons (Fsp3) is 0.333. The summed E-state index contributed by atoms with van der Waals surface area (Å²) in [6.45, 7) is 3.96. The Morgan fingerprint density at radius 3 is 2.15 bits per heavy atom. The number of piperidine rings is 1. The maximum absolute atomic E-state index is 5.64. The molecule has 0 radical (unpaired) electrons. The number of nitrogens with zero attached hydrogens (tertiary/aromatic N) is 3. The molecule has 1 fully saturated rings. The minimum Gasteiger partial charge on any atom is -0.334 e. The molecule has 1 saturated heterocycles. The van der Waals surface area contributed by atoms with E-state index in [1.807, 2.05) is 24.3 Å². The average molecular weight is 385 g/mol. The lowest BCUT2D eigenvalue weighted by Gasteiger charge is -2.26. The van der Waals surface area contributed by atoms with Crippen LogP contribution in [0.5, 0.6) is 0 Å². The smallest absolute Gasteiger partial charge is 0.258 e. The van der Waals surface area contributed by atoms with Gasteiger partial charge in [0, 0.05) is 24.2 Å². The molecule has 2 N–H and O–H groups in total. The lowest BCUT2D eigenvalue weighted by atomic mass is 10.1. The summed E-state index contributed by atoms with van der Waals surface area (Å²) in [6, 6.07) is 16.4. The third kappa shape index (κ3) is 4.75. The van der Waals surface area contributed by atoms with Crippen LogP contribution in [0.4, 0.5) is 0 Å². The maximum Gasteiger partial charge on any atom is 0.258 e. The van der Waals surface area contributed by atoms with Gasteiger partial charge in [0.15, 0.2) is 0 Å². The summed E-state index contributed by atoms with van der Waals surface area (Å²) in [5, 5.41) is 4.11. The standard InChI is InChI=1S/C21H24N4O.ClH/c22-14-16-4-8-18(9-5-16)20-23-21(26-24-20)19-10-6-17(7-11-19)15-25-12-2-1-3-13-25;/h4-11H,1-3,12-15,22H2;1H. The summed E-state index contributed by atoms with van der Waals surface area (Å²) in [7, 11) is 0. The molecule has 0 atom stereocenters. The van der Waals surface area contributed by atoms with E-state index in [0.717, 1.165) is 23.2 Å². The lowest BCUT2D eigenvalue weighted by molar-refractivity contribution is 0.221. The largest absolute Gasteiger partial charge is 0.334 e. The van der Waals surface area contributed by atoms with E-state index in [4.69, 9.17) is 10.3 Å². The van der Waals surface area contributed by atoms with E-state index < -0.39 is 0 Å². The van der Waals surface area contributed by atoms with Gasteiger partial charge >= 0.3 is 0 Å². The number of benzene rings is 2. The fourth-order valence-electron chi connectivity index (χ4n) is 3.38. The number of rotatable bonds is 5. The van der Waals surface area contributed by atoms with Gasteiger partial charge in [-0.25, -0.2) is 0 Å². The molecule has 1 aliphatic rings. The van der Waals surface area contributed by atoms with Gasteiger partial charge in [-0.2, -0.15) is 4.98 Å². The van der Waals surface area contributed by atoms with Crippen molar-refractivity contribution in [2.75, 3.05) is 13.1 Å². The summed E-state index contributed by atoms with van der Waals surface area (Å²) in [5.41, 5.74) is 9.93. The molecule has 142 valence electrons. The normalized spacial score (nSPS) is 14.7. The molecule has 4 rings (SSSR count). The van der Waals surface area contributed by atoms with Gasteiger partial charge in [0.05, 0.1) is 0 Å². The van der Waals surface area contributed by atoms with E-state index in [1.54, 1.807) is 0 Å². The van der Waals surface area contributed by atoms with Gasteiger partial charge < -0.3 is 10.3 Å². The summed E-state index contributed by atoms with van der Waals surface area (Å²) in [4.78, 5) is 7.05. The van der Waals surface area contributed by atoms with Crippen molar-refractivity contribution >= 4 is 12.4 Å². The second-order valence-corrected chi connectivity index (χ2v) is 6.86. The van der Waals surface area contributed by atoms with E-state index in [9.17, 15) is 0 Å². The molecule has 5 nitrogen and oxygen atoms in total. The van der Waals surface area contributed by atoms with Crippen LogP contribution in [0.15, 0.2) is 53.1 Å². The van der Waals surface area contributed by atoms with Crippen LogP contribution in [0, 0.1) is 0 Å². The van der Waals surface area contributed by atoms with Gasteiger partial charge in [-0.15, -0.1) is 12.4 Å². The molecule has 0 aliphatic carbocycles. The molecule has 1 aliphatic heterocycles. The predicted molar refractivity (Wildman–Crippen MR) is 109 cm³/mol. The Bertz CT molecular complexity index is 839. The van der Waals surface area contributed by atoms with Crippen LogP contribution >= 0.6 is 12.4 Å². The number of likely N-dealkylation sites (tertiary alicyclic amines) is 1. The van der Waals surface area contributed by atoms with Crippen molar-refractivity contribution in [1.82, 2.24) is 15.0 Å². The van der Waals surface area contributed by atoms with Crippen LogP contribution in [0.2, 0.25) is 0 Å². The van der Waals surface area contributed by atoms with Crippen LogP contribution < -0.4 is 5.73 Å². The molecule has 0 spiro atoms. The Morgan fingerprint density at radius 2 is 1.48 bits per heavy atom. The molecule has 0 saturated carbocycles. The fourth-order valence-corrected chi connectivity index (χ4v) is 3.38. The van der Waals surface area contributed by atoms with Crippen molar-refractivity contribution in [3.8, 4) is 22.8 Å². The Hall–Kier alpha value is -2.21. The lowest BCUT2D eigenvalue weighted by Crippen LogP contribution is -2.28. The van der Waals surface area contributed by atoms with Gasteiger partial charge in [-0.1, -0.05) is 48.0 Å². The zero-order valence-electron chi connectivity index (χ0n) is 15.3. The summed E-state index contributed by atoms with van der Waals surface area (Å²) >= 11 is 0. The van der Waals surface area contributed by atoms with Gasteiger partial charge in [-0.3, -0.25) is 4.90 Å². The van der Waals surface area contributed by atoms with Crippen LogP contribution in [-0.2, 0) is 13.1 Å². The number of halogens is 1. The van der Waals surface area contributed by atoms with Crippen molar-refractivity contribution < 1.29 is 4.52 Å². The average Bonchev–Trinajstić information content (AvgIpc) is 3.20. The van der Waals surface area contributed by atoms with E-state index in [0.29, 0.717) is 18.3 Å². The zero-order valence-corrected chi connectivity index (χ0v) is 16.1. The van der Waals surface area contributed by atoms with Crippen LogP contribution in [0.1, 0.15) is 30.4 Å². The quantitative estimate of drug-likeness (QED) is 0.711. The predicted octanol–water partition coefficient (Wildman–Crippen LogP) is 4.27. The van der Waals surface area contributed by atoms with Gasteiger partial charge in [0.25, 0.3) is 5.89 Å². The summed E-state index contributed by atoms with van der Waals surface area (Å²) in [6.07, 6.45) is 3.99. The Labute approximate surface area is 166 Å². The molecule has 2 heterocycles.